The van der Waals surface area contributed by atoms with Crippen LogP contribution in [0.1, 0.15) is 25.7 Å². The fourth-order valence-electron chi connectivity index (χ4n) is 2.94. The fourth-order valence-corrected chi connectivity index (χ4v) is 3.38. The Balaban J connectivity index is 1.73. The van der Waals surface area contributed by atoms with E-state index in [4.69, 9.17) is 14.6 Å². The number of fused-ring (bicyclic) bond motifs is 1. The second kappa shape index (κ2) is 6.13. The number of hydrogen-bond donors (Lipinski definition) is 2. The van der Waals surface area contributed by atoms with Crippen molar-refractivity contribution in [3.05, 3.63) is 16.6 Å². The predicted molar refractivity (Wildman–Crippen MR) is 82.1 cm³/mol. The molecule has 1 heterocycles. The van der Waals surface area contributed by atoms with E-state index in [9.17, 15) is 4.79 Å². The second-order valence-corrected chi connectivity index (χ2v) is 6.37. The van der Waals surface area contributed by atoms with Gasteiger partial charge in [0, 0.05) is 22.6 Å². The zero-order valence-electron chi connectivity index (χ0n) is 11.6. The van der Waals surface area contributed by atoms with Crippen LogP contribution in [0.3, 0.4) is 0 Å². The lowest BCUT2D eigenvalue weighted by Gasteiger charge is -2.29. The number of aliphatic carboxylic acids is 1. The summed E-state index contributed by atoms with van der Waals surface area (Å²) in [5.41, 5.74) is 0.926. The average Bonchev–Trinajstić information content (AvgIpc) is 2.48. The van der Waals surface area contributed by atoms with Crippen LogP contribution in [-0.4, -0.2) is 30.3 Å². The number of carboxylic acid groups (broad SMARTS) is 1. The van der Waals surface area contributed by atoms with E-state index < -0.39 is 5.97 Å². The number of ether oxygens (including phenoxy) is 2. The molecule has 2 aliphatic rings. The maximum Gasteiger partial charge on any atom is 0.306 e. The van der Waals surface area contributed by atoms with Crippen LogP contribution in [-0.2, 0) is 4.79 Å². The SMILES string of the molecule is O=C(O)C1CCCC(Nc2cc3c(cc2Br)OCCO3)C1. The highest BCUT2D eigenvalue weighted by Crippen LogP contribution is 2.39. The molecule has 0 radical (unpaired) electrons. The van der Waals surface area contributed by atoms with Crippen molar-refractivity contribution in [2.24, 2.45) is 5.92 Å². The van der Waals surface area contributed by atoms with E-state index in [1.165, 1.54) is 0 Å². The molecule has 5 nitrogen and oxygen atoms in total. The molecule has 0 aromatic heterocycles. The number of rotatable bonds is 3. The van der Waals surface area contributed by atoms with Gasteiger partial charge in [-0.25, -0.2) is 0 Å². The minimum atomic E-state index is -0.692. The van der Waals surface area contributed by atoms with Crippen LogP contribution >= 0.6 is 15.9 Å². The molecule has 6 heteroatoms. The quantitative estimate of drug-likeness (QED) is 0.870. The summed E-state index contributed by atoms with van der Waals surface area (Å²) in [5.74, 6) is 0.540. The first-order valence-corrected chi connectivity index (χ1v) is 8.01. The Labute approximate surface area is 131 Å². The van der Waals surface area contributed by atoms with Gasteiger partial charge in [-0.15, -0.1) is 0 Å². The summed E-state index contributed by atoms with van der Waals surface area (Å²) >= 11 is 3.53. The molecular formula is C15H18BrNO4. The average molecular weight is 356 g/mol. The monoisotopic (exact) mass is 355 g/mol. The van der Waals surface area contributed by atoms with E-state index in [2.05, 4.69) is 21.2 Å². The molecule has 21 heavy (non-hydrogen) atoms. The Morgan fingerprint density at radius 1 is 1.24 bits per heavy atom. The standard InChI is InChI=1S/C15H18BrNO4/c16-11-7-13-14(21-5-4-20-13)8-12(11)17-10-3-1-2-9(6-10)15(18)19/h7-10,17H,1-6H2,(H,18,19). The second-order valence-electron chi connectivity index (χ2n) is 5.52. The van der Waals surface area contributed by atoms with Crippen molar-refractivity contribution in [1.82, 2.24) is 0 Å². The first kappa shape index (κ1) is 14.5. The molecular weight excluding hydrogens is 338 g/mol. The minimum absolute atomic E-state index is 0.179. The molecule has 2 N–H and O–H groups in total. The van der Waals surface area contributed by atoms with E-state index in [1.54, 1.807) is 0 Å². The Morgan fingerprint density at radius 3 is 2.67 bits per heavy atom. The lowest BCUT2D eigenvalue weighted by Crippen LogP contribution is -2.31. The van der Waals surface area contributed by atoms with Gasteiger partial charge >= 0.3 is 5.97 Å². The smallest absolute Gasteiger partial charge is 0.306 e. The maximum atomic E-state index is 11.1. The first-order chi connectivity index (χ1) is 10.1. The molecule has 1 aromatic rings. The summed E-state index contributed by atoms with van der Waals surface area (Å²) in [7, 11) is 0. The fraction of sp³-hybridized carbons (Fsp3) is 0.533. The van der Waals surface area contributed by atoms with Crippen LogP contribution in [0.15, 0.2) is 16.6 Å². The van der Waals surface area contributed by atoms with E-state index in [0.29, 0.717) is 19.6 Å². The molecule has 0 spiro atoms. The number of carboxylic acids is 1. The van der Waals surface area contributed by atoms with Crippen LogP contribution in [0, 0.1) is 5.92 Å². The van der Waals surface area contributed by atoms with Crippen LogP contribution in [0.25, 0.3) is 0 Å². The van der Waals surface area contributed by atoms with Crippen molar-refractivity contribution < 1.29 is 19.4 Å². The van der Waals surface area contributed by atoms with Crippen molar-refractivity contribution in [1.29, 1.82) is 0 Å². The first-order valence-electron chi connectivity index (χ1n) is 7.22. The number of halogens is 1. The van der Waals surface area contributed by atoms with Crippen LogP contribution in [0.5, 0.6) is 11.5 Å². The Bertz CT molecular complexity index is 549. The molecule has 0 bridgehead atoms. The minimum Gasteiger partial charge on any atom is -0.486 e. The lowest BCUT2D eigenvalue weighted by atomic mass is 9.85. The third-order valence-electron chi connectivity index (χ3n) is 4.01. The van der Waals surface area contributed by atoms with Crippen molar-refractivity contribution in [3.8, 4) is 11.5 Å². The topological polar surface area (TPSA) is 67.8 Å². The van der Waals surface area contributed by atoms with Gasteiger partial charge in [-0.3, -0.25) is 4.79 Å². The third kappa shape index (κ3) is 3.26. The van der Waals surface area contributed by atoms with Crippen LogP contribution in [0.2, 0.25) is 0 Å². The summed E-state index contributed by atoms with van der Waals surface area (Å²) in [6, 6.07) is 4.00. The Kier molecular flexibility index (Phi) is 4.24. The third-order valence-corrected chi connectivity index (χ3v) is 4.67. The molecule has 0 saturated heterocycles. The molecule has 1 fully saturated rings. The van der Waals surface area contributed by atoms with E-state index in [1.807, 2.05) is 12.1 Å². The van der Waals surface area contributed by atoms with Crippen molar-refractivity contribution >= 4 is 27.6 Å². The highest BCUT2D eigenvalue weighted by Gasteiger charge is 2.27. The Hall–Kier alpha value is -1.43. The van der Waals surface area contributed by atoms with Gasteiger partial charge < -0.3 is 19.9 Å². The normalized spacial score (nSPS) is 24.4. The molecule has 1 aliphatic heterocycles. The molecule has 0 amide bonds. The summed E-state index contributed by atoms with van der Waals surface area (Å²) < 4.78 is 12.0. The van der Waals surface area contributed by atoms with Gasteiger partial charge in [0.2, 0.25) is 0 Å². The van der Waals surface area contributed by atoms with Gasteiger partial charge in [0.1, 0.15) is 13.2 Å². The lowest BCUT2D eigenvalue weighted by molar-refractivity contribution is -0.142. The molecule has 3 rings (SSSR count). The van der Waals surface area contributed by atoms with E-state index in [0.717, 1.165) is 40.9 Å². The molecule has 114 valence electrons. The van der Waals surface area contributed by atoms with Crippen molar-refractivity contribution in [2.75, 3.05) is 18.5 Å². The van der Waals surface area contributed by atoms with Crippen LogP contribution < -0.4 is 14.8 Å². The summed E-state index contributed by atoms with van der Waals surface area (Å²) in [4.78, 5) is 11.1. The largest absolute Gasteiger partial charge is 0.486 e. The van der Waals surface area contributed by atoms with Crippen LogP contribution in [0.4, 0.5) is 5.69 Å². The molecule has 1 aliphatic carbocycles. The summed E-state index contributed by atoms with van der Waals surface area (Å²) in [6.45, 7) is 1.12. The maximum absolute atomic E-state index is 11.1. The number of benzene rings is 1. The Morgan fingerprint density at radius 2 is 1.95 bits per heavy atom. The summed E-state index contributed by atoms with van der Waals surface area (Å²) in [6.07, 6.45) is 3.37. The number of anilines is 1. The van der Waals surface area contributed by atoms with E-state index >= 15 is 0 Å². The van der Waals surface area contributed by atoms with Crippen molar-refractivity contribution in [3.63, 3.8) is 0 Å². The molecule has 1 aromatic carbocycles. The summed E-state index contributed by atoms with van der Waals surface area (Å²) in [5, 5.41) is 12.6. The van der Waals surface area contributed by atoms with Gasteiger partial charge in [0.15, 0.2) is 11.5 Å². The highest BCUT2D eigenvalue weighted by molar-refractivity contribution is 9.10. The van der Waals surface area contributed by atoms with Gasteiger partial charge in [0.25, 0.3) is 0 Å². The zero-order valence-corrected chi connectivity index (χ0v) is 13.2. The number of nitrogens with one attached hydrogen (secondary N) is 1. The van der Waals surface area contributed by atoms with Crippen molar-refractivity contribution in [2.45, 2.75) is 31.7 Å². The molecule has 2 atom stereocenters. The highest BCUT2D eigenvalue weighted by atomic mass is 79.9. The number of hydrogen-bond acceptors (Lipinski definition) is 4. The molecule has 1 saturated carbocycles. The zero-order chi connectivity index (χ0) is 14.8. The number of carbonyl (C=O) groups is 1. The van der Waals surface area contributed by atoms with Gasteiger partial charge in [-0.05, 0) is 35.2 Å². The van der Waals surface area contributed by atoms with Gasteiger partial charge in [-0.2, -0.15) is 0 Å². The van der Waals surface area contributed by atoms with Gasteiger partial charge in [-0.1, -0.05) is 6.42 Å². The predicted octanol–water partition coefficient (Wildman–Crippen LogP) is 3.28. The van der Waals surface area contributed by atoms with E-state index in [-0.39, 0.29) is 12.0 Å². The molecule has 2 unspecified atom stereocenters. The van der Waals surface area contributed by atoms with Gasteiger partial charge in [0.05, 0.1) is 11.6 Å².